The fourth-order valence-electron chi connectivity index (χ4n) is 1.55. The number of fused-ring (bicyclic) bond motifs is 1. The molecule has 0 atom stereocenters. The Morgan fingerprint density at radius 2 is 1.94 bits per heavy atom. The van der Waals surface area contributed by atoms with Gasteiger partial charge in [-0.25, -0.2) is 9.37 Å². The van der Waals surface area contributed by atoms with Gasteiger partial charge in [0.05, 0.1) is 17.5 Å². The van der Waals surface area contributed by atoms with Gasteiger partial charge in [0.2, 0.25) is 0 Å². The van der Waals surface area contributed by atoms with Gasteiger partial charge in [-0.15, -0.1) is 0 Å². The van der Waals surface area contributed by atoms with Crippen LogP contribution in [0.4, 0.5) is 17.6 Å². The maximum Gasteiger partial charge on any atom is 0.433 e. The van der Waals surface area contributed by atoms with Crippen LogP contribution in [0.1, 0.15) is 5.69 Å². The molecule has 0 saturated heterocycles. The van der Waals surface area contributed by atoms with Crippen molar-refractivity contribution < 1.29 is 22.3 Å². The number of hydrogen-bond acceptors (Lipinski definition) is 2. The van der Waals surface area contributed by atoms with Crippen molar-refractivity contribution in [3.8, 4) is 5.75 Å². The molecular weight excluding hydrogens is 274 g/mol. The molecule has 0 unspecified atom stereocenters. The maximum atomic E-state index is 13.5. The van der Waals surface area contributed by atoms with E-state index in [0.717, 1.165) is 6.07 Å². The number of aromatic nitrogens is 1. The first-order chi connectivity index (χ1) is 8.34. The third kappa shape index (κ3) is 2.08. The molecule has 0 saturated carbocycles. The van der Waals surface area contributed by atoms with E-state index in [2.05, 4.69) is 4.98 Å². The molecule has 7 heteroatoms. The number of methoxy groups -OCH3 is 1. The van der Waals surface area contributed by atoms with Crippen molar-refractivity contribution in [3.63, 3.8) is 0 Å². The first-order valence-electron chi connectivity index (χ1n) is 4.74. The van der Waals surface area contributed by atoms with E-state index < -0.39 is 23.2 Å². The summed E-state index contributed by atoms with van der Waals surface area (Å²) in [7, 11) is 1.31. The molecule has 2 aromatic rings. The highest BCUT2D eigenvalue weighted by Gasteiger charge is 2.34. The van der Waals surface area contributed by atoms with Crippen LogP contribution in [0, 0.1) is 5.82 Å². The number of alkyl halides is 3. The Bertz CT molecular complexity index is 612. The van der Waals surface area contributed by atoms with E-state index in [1.807, 2.05) is 0 Å². The smallest absolute Gasteiger partial charge is 0.433 e. The Labute approximate surface area is 104 Å². The number of nitrogens with zero attached hydrogens (tertiary/aromatic N) is 1. The number of hydrogen-bond donors (Lipinski definition) is 0. The van der Waals surface area contributed by atoms with Crippen LogP contribution in [0.5, 0.6) is 5.75 Å². The van der Waals surface area contributed by atoms with Crippen molar-refractivity contribution in [3.05, 3.63) is 34.7 Å². The first kappa shape index (κ1) is 12.9. The monoisotopic (exact) mass is 279 g/mol. The summed E-state index contributed by atoms with van der Waals surface area (Å²) < 4.78 is 56.0. The van der Waals surface area contributed by atoms with Gasteiger partial charge in [0, 0.05) is 0 Å². The van der Waals surface area contributed by atoms with E-state index in [4.69, 9.17) is 16.3 Å². The van der Waals surface area contributed by atoms with Crippen molar-refractivity contribution >= 4 is 22.5 Å². The average Bonchev–Trinajstić information content (AvgIpc) is 2.29. The van der Waals surface area contributed by atoms with Gasteiger partial charge in [0.15, 0.2) is 0 Å². The van der Waals surface area contributed by atoms with Gasteiger partial charge in [0.1, 0.15) is 22.8 Å². The Hall–Kier alpha value is -1.56. The first-order valence-corrected chi connectivity index (χ1v) is 5.12. The molecule has 0 aliphatic heterocycles. The summed E-state index contributed by atoms with van der Waals surface area (Å²) in [5, 5.41) is -0.240. The summed E-state index contributed by atoms with van der Waals surface area (Å²) in [5.74, 6) is -0.726. The van der Waals surface area contributed by atoms with Gasteiger partial charge in [-0.05, 0) is 18.2 Å². The van der Waals surface area contributed by atoms with E-state index in [9.17, 15) is 17.6 Å². The van der Waals surface area contributed by atoms with Gasteiger partial charge in [0.25, 0.3) is 0 Å². The number of benzene rings is 1. The van der Waals surface area contributed by atoms with E-state index in [-0.39, 0.29) is 16.2 Å². The van der Waals surface area contributed by atoms with Crippen LogP contribution in [-0.4, -0.2) is 12.1 Å². The third-order valence-corrected chi connectivity index (χ3v) is 2.63. The molecule has 0 spiro atoms. The standard InChI is InChI=1S/C11H6ClF4NO/c1-18-7-3-2-6(13)10-9(7)5(12)4-8(17-10)11(14,15)16/h2-4H,1H3. The van der Waals surface area contributed by atoms with Crippen molar-refractivity contribution in [2.45, 2.75) is 6.18 Å². The van der Waals surface area contributed by atoms with Crippen molar-refractivity contribution in [1.82, 2.24) is 4.98 Å². The highest BCUT2D eigenvalue weighted by atomic mass is 35.5. The Morgan fingerprint density at radius 3 is 2.50 bits per heavy atom. The molecule has 0 radical (unpaired) electrons. The summed E-state index contributed by atoms with van der Waals surface area (Å²) in [5.41, 5.74) is -1.71. The van der Waals surface area contributed by atoms with E-state index in [1.165, 1.54) is 13.2 Å². The average molecular weight is 280 g/mol. The number of pyridine rings is 1. The van der Waals surface area contributed by atoms with Gasteiger partial charge in [-0.3, -0.25) is 0 Å². The lowest BCUT2D eigenvalue weighted by atomic mass is 10.1. The van der Waals surface area contributed by atoms with Crippen LogP contribution in [0.15, 0.2) is 18.2 Å². The lowest BCUT2D eigenvalue weighted by molar-refractivity contribution is -0.140. The fraction of sp³-hybridized carbons (Fsp3) is 0.182. The van der Waals surface area contributed by atoms with Crippen LogP contribution in [0.25, 0.3) is 10.9 Å². The van der Waals surface area contributed by atoms with Gasteiger partial charge in [-0.1, -0.05) is 11.6 Å². The lowest BCUT2D eigenvalue weighted by Gasteiger charge is -2.11. The van der Waals surface area contributed by atoms with Crippen molar-refractivity contribution in [2.24, 2.45) is 0 Å². The third-order valence-electron chi connectivity index (χ3n) is 2.34. The highest BCUT2D eigenvalue weighted by molar-refractivity contribution is 6.36. The molecule has 0 amide bonds. The van der Waals surface area contributed by atoms with E-state index in [1.54, 1.807) is 0 Å². The zero-order valence-electron chi connectivity index (χ0n) is 8.98. The quantitative estimate of drug-likeness (QED) is 0.735. The van der Waals surface area contributed by atoms with Gasteiger partial charge >= 0.3 is 6.18 Å². The fourth-order valence-corrected chi connectivity index (χ4v) is 1.83. The summed E-state index contributed by atoms with van der Waals surface area (Å²) in [4.78, 5) is 3.25. The number of rotatable bonds is 1. The van der Waals surface area contributed by atoms with Crippen molar-refractivity contribution in [1.29, 1.82) is 0 Å². The van der Waals surface area contributed by atoms with E-state index >= 15 is 0 Å². The molecule has 96 valence electrons. The second-order valence-electron chi connectivity index (χ2n) is 3.46. The molecule has 1 heterocycles. The lowest BCUT2D eigenvalue weighted by Crippen LogP contribution is -2.08. The van der Waals surface area contributed by atoms with Crippen LogP contribution >= 0.6 is 11.6 Å². The Kier molecular flexibility index (Phi) is 3.06. The largest absolute Gasteiger partial charge is 0.496 e. The molecule has 0 aliphatic rings. The second kappa shape index (κ2) is 4.28. The Balaban J connectivity index is 2.85. The predicted octanol–water partition coefficient (Wildman–Crippen LogP) is 4.05. The summed E-state index contributed by atoms with van der Waals surface area (Å²) >= 11 is 5.74. The molecule has 0 aliphatic carbocycles. The highest BCUT2D eigenvalue weighted by Crippen LogP contribution is 2.37. The Morgan fingerprint density at radius 1 is 1.28 bits per heavy atom. The maximum absolute atomic E-state index is 13.5. The molecule has 2 rings (SSSR count). The minimum absolute atomic E-state index is 0.0205. The number of halogens is 5. The molecule has 0 bridgehead atoms. The van der Waals surface area contributed by atoms with Gasteiger partial charge < -0.3 is 4.74 Å². The zero-order valence-corrected chi connectivity index (χ0v) is 9.73. The van der Waals surface area contributed by atoms with E-state index in [0.29, 0.717) is 6.07 Å². The summed E-state index contributed by atoms with van der Waals surface area (Å²) in [6, 6.07) is 2.90. The number of ether oxygens (including phenoxy) is 1. The van der Waals surface area contributed by atoms with Crippen LogP contribution < -0.4 is 4.74 Å². The molecular formula is C11H6ClF4NO. The predicted molar refractivity (Wildman–Crippen MR) is 58.3 cm³/mol. The second-order valence-corrected chi connectivity index (χ2v) is 3.87. The van der Waals surface area contributed by atoms with Crippen LogP contribution in [0.3, 0.4) is 0 Å². The van der Waals surface area contributed by atoms with Crippen LogP contribution in [0.2, 0.25) is 5.02 Å². The summed E-state index contributed by atoms with van der Waals surface area (Å²) in [6.07, 6.45) is -4.69. The molecule has 2 nitrogen and oxygen atoms in total. The summed E-state index contributed by atoms with van der Waals surface area (Å²) in [6.45, 7) is 0. The van der Waals surface area contributed by atoms with Gasteiger partial charge in [-0.2, -0.15) is 13.2 Å². The van der Waals surface area contributed by atoms with Crippen LogP contribution in [-0.2, 0) is 6.18 Å². The molecule has 1 aromatic heterocycles. The van der Waals surface area contributed by atoms with Crippen molar-refractivity contribution in [2.75, 3.05) is 7.11 Å². The normalized spacial score (nSPS) is 11.9. The SMILES string of the molecule is COc1ccc(F)c2nc(C(F)(F)F)cc(Cl)c12. The topological polar surface area (TPSA) is 22.1 Å². The minimum atomic E-state index is -4.69. The zero-order chi connectivity index (χ0) is 13.5. The molecule has 18 heavy (non-hydrogen) atoms. The molecule has 1 aromatic carbocycles. The minimum Gasteiger partial charge on any atom is -0.496 e. The molecule has 0 N–H and O–H groups in total. The molecule has 0 fully saturated rings.